The fourth-order valence-electron chi connectivity index (χ4n) is 2.22. The lowest BCUT2D eigenvalue weighted by atomic mass is 9.97. The molecule has 20 heavy (non-hydrogen) atoms. The van der Waals surface area contributed by atoms with Crippen LogP contribution < -0.4 is 10.6 Å². The van der Waals surface area contributed by atoms with Gasteiger partial charge in [-0.25, -0.2) is 0 Å². The number of carbonyl (C=O) groups excluding carboxylic acids is 1. The quantitative estimate of drug-likeness (QED) is 0.662. The third kappa shape index (κ3) is 3.91. The smallest absolute Gasteiger partial charge is 0.269 e. The van der Waals surface area contributed by atoms with Crippen LogP contribution in [-0.2, 0) is 4.79 Å². The molecule has 1 saturated heterocycles. The first-order valence-corrected chi connectivity index (χ1v) is 6.34. The predicted octanol–water partition coefficient (Wildman–Crippen LogP) is 2.26. The zero-order valence-electron chi connectivity index (χ0n) is 11.2. The highest BCUT2D eigenvalue weighted by Gasteiger charge is 2.21. The second-order valence-electron chi connectivity index (χ2n) is 4.77. The standard InChI is InChI=1S/C13H17N3O3.ClH/c1-9-8-11(16(18)19)2-3-12(9)15-13(17)10-4-6-14-7-5-10;/h2-3,8,10,14H,4-7H2,1H3,(H,15,17);1H. The fourth-order valence-corrected chi connectivity index (χ4v) is 2.22. The number of nitrogens with one attached hydrogen (secondary N) is 2. The van der Waals surface area contributed by atoms with Gasteiger partial charge in [-0.05, 0) is 44.5 Å². The fraction of sp³-hybridized carbons (Fsp3) is 0.462. The number of non-ortho nitro benzene ring substituents is 1. The lowest BCUT2D eigenvalue weighted by Crippen LogP contribution is -2.34. The van der Waals surface area contributed by atoms with Gasteiger partial charge in [0.2, 0.25) is 5.91 Å². The molecule has 1 aromatic carbocycles. The summed E-state index contributed by atoms with van der Waals surface area (Å²) in [6, 6.07) is 4.47. The molecule has 1 fully saturated rings. The molecule has 0 radical (unpaired) electrons. The largest absolute Gasteiger partial charge is 0.326 e. The van der Waals surface area contributed by atoms with Crippen LogP contribution in [0.25, 0.3) is 0 Å². The third-order valence-corrected chi connectivity index (χ3v) is 3.39. The molecule has 2 rings (SSSR count). The summed E-state index contributed by atoms with van der Waals surface area (Å²) in [6.07, 6.45) is 1.66. The number of anilines is 1. The van der Waals surface area contributed by atoms with Gasteiger partial charge in [0, 0.05) is 23.7 Å². The van der Waals surface area contributed by atoms with Crippen LogP contribution in [0.1, 0.15) is 18.4 Å². The molecule has 0 spiro atoms. The number of halogens is 1. The average molecular weight is 300 g/mol. The monoisotopic (exact) mass is 299 g/mol. The van der Waals surface area contributed by atoms with Gasteiger partial charge in [-0.1, -0.05) is 0 Å². The Hall–Kier alpha value is -1.66. The van der Waals surface area contributed by atoms with Crippen molar-refractivity contribution >= 4 is 29.7 Å². The second-order valence-corrected chi connectivity index (χ2v) is 4.77. The van der Waals surface area contributed by atoms with Crippen LogP contribution in [0, 0.1) is 23.0 Å². The topological polar surface area (TPSA) is 84.3 Å². The van der Waals surface area contributed by atoms with Crippen molar-refractivity contribution < 1.29 is 9.72 Å². The molecule has 0 aromatic heterocycles. The van der Waals surface area contributed by atoms with Crippen LogP contribution >= 0.6 is 12.4 Å². The summed E-state index contributed by atoms with van der Waals surface area (Å²) >= 11 is 0. The van der Waals surface area contributed by atoms with Crippen molar-refractivity contribution in [1.29, 1.82) is 0 Å². The number of nitrogens with zero attached hydrogens (tertiary/aromatic N) is 1. The number of hydrogen-bond donors (Lipinski definition) is 2. The summed E-state index contributed by atoms with van der Waals surface area (Å²) in [4.78, 5) is 22.3. The number of amides is 1. The highest BCUT2D eigenvalue weighted by molar-refractivity contribution is 5.93. The van der Waals surface area contributed by atoms with Crippen molar-refractivity contribution in [1.82, 2.24) is 5.32 Å². The summed E-state index contributed by atoms with van der Waals surface area (Å²) < 4.78 is 0. The molecule has 0 bridgehead atoms. The minimum absolute atomic E-state index is 0. The molecule has 1 aliphatic heterocycles. The van der Waals surface area contributed by atoms with E-state index < -0.39 is 4.92 Å². The highest BCUT2D eigenvalue weighted by Crippen LogP contribution is 2.22. The number of nitro groups is 1. The molecule has 0 unspecified atom stereocenters. The van der Waals surface area contributed by atoms with E-state index in [0.717, 1.165) is 25.9 Å². The number of rotatable bonds is 3. The summed E-state index contributed by atoms with van der Waals surface area (Å²) in [5.74, 6) is 0.0225. The van der Waals surface area contributed by atoms with E-state index >= 15 is 0 Å². The molecule has 0 aliphatic carbocycles. The lowest BCUT2D eigenvalue weighted by Gasteiger charge is -2.22. The molecule has 1 aliphatic rings. The molecule has 1 aromatic rings. The number of carbonyl (C=O) groups is 1. The highest BCUT2D eigenvalue weighted by atomic mass is 35.5. The number of aryl methyl sites for hydroxylation is 1. The van der Waals surface area contributed by atoms with Gasteiger partial charge in [-0.3, -0.25) is 14.9 Å². The first-order chi connectivity index (χ1) is 9.08. The van der Waals surface area contributed by atoms with E-state index in [0.29, 0.717) is 11.3 Å². The van der Waals surface area contributed by atoms with E-state index in [-0.39, 0.29) is 29.9 Å². The Labute approximate surface area is 123 Å². The van der Waals surface area contributed by atoms with E-state index in [9.17, 15) is 14.9 Å². The molecule has 1 heterocycles. The maximum absolute atomic E-state index is 12.1. The van der Waals surface area contributed by atoms with E-state index in [1.807, 2.05) is 0 Å². The summed E-state index contributed by atoms with van der Waals surface area (Å²) in [5.41, 5.74) is 1.39. The minimum atomic E-state index is -0.439. The molecule has 0 saturated carbocycles. The van der Waals surface area contributed by atoms with E-state index in [4.69, 9.17) is 0 Å². The predicted molar refractivity (Wildman–Crippen MR) is 79.3 cm³/mol. The van der Waals surface area contributed by atoms with Crippen molar-refractivity contribution in [2.24, 2.45) is 5.92 Å². The molecule has 2 N–H and O–H groups in total. The van der Waals surface area contributed by atoms with Gasteiger partial charge in [0.05, 0.1) is 4.92 Å². The lowest BCUT2D eigenvalue weighted by molar-refractivity contribution is -0.384. The molecule has 1 amide bonds. The second kappa shape index (κ2) is 7.21. The number of nitro benzene ring substituents is 1. The van der Waals surface area contributed by atoms with Crippen molar-refractivity contribution in [3.05, 3.63) is 33.9 Å². The van der Waals surface area contributed by atoms with Crippen LogP contribution in [0.4, 0.5) is 11.4 Å². The molecule has 110 valence electrons. The van der Waals surface area contributed by atoms with Crippen molar-refractivity contribution in [3.63, 3.8) is 0 Å². The molecular formula is C13H18ClN3O3. The Morgan fingerprint density at radius 2 is 2.05 bits per heavy atom. The van der Waals surface area contributed by atoms with Crippen LogP contribution in [0.5, 0.6) is 0 Å². The number of hydrogen-bond acceptors (Lipinski definition) is 4. The van der Waals surface area contributed by atoms with E-state index in [1.54, 1.807) is 13.0 Å². The van der Waals surface area contributed by atoms with Gasteiger partial charge in [-0.2, -0.15) is 0 Å². The van der Waals surface area contributed by atoms with Crippen LogP contribution in [0.2, 0.25) is 0 Å². The van der Waals surface area contributed by atoms with E-state index in [1.165, 1.54) is 12.1 Å². The maximum Gasteiger partial charge on any atom is 0.269 e. The van der Waals surface area contributed by atoms with Crippen LogP contribution in [0.15, 0.2) is 18.2 Å². The normalized spacial score (nSPS) is 15.2. The summed E-state index contributed by atoms with van der Waals surface area (Å²) in [6.45, 7) is 3.47. The average Bonchev–Trinajstić information content (AvgIpc) is 2.41. The van der Waals surface area contributed by atoms with Crippen molar-refractivity contribution in [2.75, 3.05) is 18.4 Å². The van der Waals surface area contributed by atoms with Crippen LogP contribution in [-0.4, -0.2) is 23.9 Å². The Morgan fingerprint density at radius 3 is 2.60 bits per heavy atom. The molecule has 6 nitrogen and oxygen atoms in total. The van der Waals surface area contributed by atoms with Crippen molar-refractivity contribution in [3.8, 4) is 0 Å². The number of piperidine rings is 1. The Kier molecular flexibility index (Phi) is 5.91. The van der Waals surface area contributed by atoms with Gasteiger partial charge in [-0.15, -0.1) is 12.4 Å². The number of benzene rings is 1. The third-order valence-electron chi connectivity index (χ3n) is 3.39. The van der Waals surface area contributed by atoms with Crippen LogP contribution in [0.3, 0.4) is 0 Å². The molecular weight excluding hydrogens is 282 g/mol. The zero-order valence-corrected chi connectivity index (χ0v) is 12.0. The van der Waals surface area contributed by atoms with Gasteiger partial charge in [0.1, 0.15) is 0 Å². The first-order valence-electron chi connectivity index (χ1n) is 6.34. The Morgan fingerprint density at radius 1 is 1.40 bits per heavy atom. The first kappa shape index (κ1) is 16.4. The molecule has 7 heteroatoms. The molecule has 0 atom stereocenters. The van der Waals surface area contributed by atoms with Crippen molar-refractivity contribution in [2.45, 2.75) is 19.8 Å². The van der Waals surface area contributed by atoms with E-state index in [2.05, 4.69) is 10.6 Å². The van der Waals surface area contributed by atoms with Gasteiger partial charge in [0.25, 0.3) is 5.69 Å². The Balaban J connectivity index is 0.00000200. The minimum Gasteiger partial charge on any atom is -0.326 e. The van der Waals surface area contributed by atoms with Gasteiger partial charge >= 0.3 is 0 Å². The van der Waals surface area contributed by atoms with Gasteiger partial charge < -0.3 is 10.6 Å². The maximum atomic E-state index is 12.1. The van der Waals surface area contributed by atoms with Gasteiger partial charge in [0.15, 0.2) is 0 Å². The summed E-state index contributed by atoms with van der Waals surface area (Å²) in [5, 5.41) is 16.7. The SMILES string of the molecule is Cc1cc([N+](=O)[O-])ccc1NC(=O)C1CCNCC1.Cl. The Bertz CT molecular complexity index is 502. The summed E-state index contributed by atoms with van der Waals surface area (Å²) in [7, 11) is 0. The zero-order chi connectivity index (χ0) is 13.8.